The van der Waals surface area contributed by atoms with Crippen molar-refractivity contribution in [2.75, 3.05) is 6.54 Å². The minimum Gasteiger partial charge on any atom is -0.370 e. The van der Waals surface area contributed by atoms with Gasteiger partial charge in [0.2, 0.25) is 0 Å². The molecule has 0 aromatic heterocycles. The molecule has 1 aliphatic carbocycles. The number of ether oxygens (including phenoxy) is 1. The Morgan fingerprint density at radius 1 is 1.26 bits per heavy atom. The van der Waals surface area contributed by atoms with Crippen molar-refractivity contribution in [3.05, 3.63) is 35.4 Å². The minimum absolute atomic E-state index is 0.0428. The number of fused-ring (bicyclic) bond motifs is 1. The smallest absolute Gasteiger partial charge is 0.0817 e. The third kappa shape index (κ3) is 3.37. The average molecular weight is 261 g/mol. The molecule has 2 nitrogen and oxygen atoms in total. The van der Waals surface area contributed by atoms with Gasteiger partial charge in [0.05, 0.1) is 17.7 Å². The maximum atomic E-state index is 6.38. The van der Waals surface area contributed by atoms with Crippen LogP contribution in [0.3, 0.4) is 0 Å². The molecule has 1 aromatic rings. The van der Waals surface area contributed by atoms with Crippen LogP contribution in [-0.2, 0) is 11.2 Å². The van der Waals surface area contributed by atoms with E-state index in [9.17, 15) is 0 Å². The Bertz CT molecular complexity index is 413. The molecule has 2 rings (SSSR count). The van der Waals surface area contributed by atoms with Crippen LogP contribution in [0.25, 0.3) is 0 Å². The van der Waals surface area contributed by atoms with E-state index >= 15 is 0 Å². The van der Waals surface area contributed by atoms with Gasteiger partial charge >= 0.3 is 0 Å². The minimum atomic E-state index is -0.0428. The lowest BCUT2D eigenvalue weighted by atomic mass is 10.0. The predicted octanol–water partition coefficient (Wildman–Crippen LogP) is 3.86. The molecule has 0 spiro atoms. The SMILES string of the molecule is CCCNC1c2ccccc2CC1OC(C)(C)CC. The van der Waals surface area contributed by atoms with Crippen molar-refractivity contribution in [2.24, 2.45) is 0 Å². The number of hydrogen-bond acceptors (Lipinski definition) is 2. The first-order valence-corrected chi connectivity index (χ1v) is 7.56. The van der Waals surface area contributed by atoms with Gasteiger partial charge < -0.3 is 10.1 Å². The molecule has 0 amide bonds. The van der Waals surface area contributed by atoms with E-state index < -0.39 is 0 Å². The Morgan fingerprint density at radius 2 is 2.00 bits per heavy atom. The normalized spacial score (nSPS) is 22.5. The predicted molar refractivity (Wildman–Crippen MR) is 80.4 cm³/mol. The quantitative estimate of drug-likeness (QED) is 0.839. The van der Waals surface area contributed by atoms with E-state index in [1.165, 1.54) is 11.1 Å². The van der Waals surface area contributed by atoms with Crippen molar-refractivity contribution < 1.29 is 4.74 Å². The van der Waals surface area contributed by atoms with Gasteiger partial charge in [-0.15, -0.1) is 0 Å². The molecular weight excluding hydrogens is 234 g/mol. The van der Waals surface area contributed by atoms with Crippen LogP contribution < -0.4 is 5.32 Å². The highest BCUT2D eigenvalue weighted by Gasteiger charge is 2.35. The molecule has 0 saturated carbocycles. The second-order valence-electron chi connectivity index (χ2n) is 6.10. The van der Waals surface area contributed by atoms with Crippen LogP contribution in [0.2, 0.25) is 0 Å². The van der Waals surface area contributed by atoms with Gasteiger partial charge in [-0.3, -0.25) is 0 Å². The zero-order chi connectivity index (χ0) is 13.9. The van der Waals surface area contributed by atoms with E-state index in [4.69, 9.17) is 4.74 Å². The summed E-state index contributed by atoms with van der Waals surface area (Å²) < 4.78 is 6.38. The Morgan fingerprint density at radius 3 is 2.68 bits per heavy atom. The van der Waals surface area contributed by atoms with Crippen LogP contribution in [0.5, 0.6) is 0 Å². The lowest BCUT2D eigenvalue weighted by molar-refractivity contribution is -0.0827. The van der Waals surface area contributed by atoms with Gasteiger partial charge in [0, 0.05) is 6.42 Å². The first-order chi connectivity index (χ1) is 9.07. The van der Waals surface area contributed by atoms with Crippen molar-refractivity contribution in [1.29, 1.82) is 0 Å². The van der Waals surface area contributed by atoms with Gasteiger partial charge in [-0.05, 0) is 44.4 Å². The van der Waals surface area contributed by atoms with Gasteiger partial charge in [-0.2, -0.15) is 0 Å². The van der Waals surface area contributed by atoms with Gasteiger partial charge in [-0.25, -0.2) is 0 Å². The van der Waals surface area contributed by atoms with E-state index in [1.807, 2.05) is 0 Å². The molecule has 0 aliphatic heterocycles. The van der Waals surface area contributed by atoms with E-state index in [0.717, 1.165) is 25.8 Å². The number of hydrogen-bond donors (Lipinski definition) is 1. The maximum Gasteiger partial charge on any atom is 0.0817 e. The second kappa shape index (κ2) is 6.06. The molecule has 2 heteroatoms. The molecule has 0 heterocycles. The van der Waals surface area contributed by atoms with Crippen LogP contribution in [-0.4, -0.2) is 18.2 Å². The van der Waals surface area contributed by atoms with E-state index in [0.29, 0.717) is 6.04 Å². The first kappa shape index (κ1) is 14.5. The summed E-state index contributed by atoms with van der Waals surface area (Å²) in [6.45, 7) is 9.82. The average Bonchev–Trinajstić information content (AvgIpc) is 2.73. The fourth-order valence-electron chi connectivity index (χ4n) is 2.70. The summed E-state index contributed by atoms with van der Waals surface area (Å²) in [4.78, 5) is 0. The Balaban J connectivity index is 2.16. The summed E-state index contributed by atoms with van der Waals surface area (Å²) >= 11 is 0. The monoisotopic (exact) mass is 261 g/mol. The molecule has 0 saturated heterocycles. The van der Waals surface area contributed by atoms with Crippen LogP contribution in [0.1, 0.15) is 57.7 Å². The highest BCUT2D eigenvalue weighted by molar-refractivity contribution is 5.36. The number of benzene rings is 1. The summed E-state index contributed by atoms with van der Waals surface area (Å²) in [5, 5.41) is 3.66. The molecule has 0 fully saturated rings. The second-order valence-corrected chi connectivity index (χ2v) is 6.10. The van der Waals surface area contributed by atoms with Crippen molar-refractivity contribution in [1.82, 2.24) is 5.32 Å². The Labute approximate surface area is 117 Å². The van der Waals surface area contributed by atoms with Crippen molar-refractivity contribution >= 4 is 0 Å². The molecule has 19 heavy (non-hydrogen) atoms. The first-order valence-electron chi connectivity index (χ1n) is 7.56. The summed E-state index contributed by atoms with van der Waals surface area (Å²) in [6, 6.07) is 9.08. The van der Waals surface area contributed by atoms with Gasteiger partial charge in [0.25, 0.3) is 0 Å². The molecule has 2 unspecified atom stereocenters. The molecule has 1 aromatic carbocycles. The fourth-order valence-corrected chi connectivity index (χ4v) is 2.70. The highest BCUT2D eigenvalue weighted by Crippen LogP contribution is 2.35. The van der Waals surface area contributed by atoms with Gasteiger partial charge in [-0.1, -0.05) is 38.1 Å². The van der Waals surface area contributed by atoms with Crippen LogP contribution >= 0.6 is 0 Å². The molecular formula is C17H27NO. The lowest BCUT2D eigenvalue weighted by Crippen LogP contribution is -2.37. The highest BCUT2D eigenvalue weighted by atomic mass is 16.5. The molecule has 106 valence electrons. The number of rotatable bonds is 6. The molecule has 1 aliphatic rings. The molecule has 0 bridgehead atoms. The summed E-state index contributed by atoms with van der Waals surface area (Å²) in [5.41, 5.74) is 2.82. The largest absolute Gasteiger partial charge is 0.370 e. The van der Waals surface area contributed by atoms with Crippen molar-refractivity contribution in [2.45, 2.75) is 64.7 Å². The molecule has 2 atom stereocenters. The zero-order valence-electron chi connectivity index (χ0n) is 12.7. The van der Waals surface area contributed by atoms with Gasteiger partial charge in [0.1, 0.15) is 0 Å². The van der Waals surface area contributed by atoms with Crippen LogP contribution in [0, 0.1) is 0 Å². The van der Waals surface area contributed by atoms with Crippen LogP contribution in [0.15, 0.2) is 24.3 Å². The number of nitrogens with one attached hydrogen (secondary N) is 1. The van der Waals surface area contributed by atoms with Crippen molar-refractivity contribution in [3.8, 4) is 0 Å². The maximum absolute atomic E-state index is 6.38. The Kier molecular flexibility index (Phi) is 4.64. The molecule has 0 radical (unpaired) electrons. The molecule has 1 N–H and O–H groups in total. The third-order valence-corrected chi connectivity index (χ3v) is 4.12. The van der Waals surface area contributed by atoms with Gasteiger partial charge in [0.15, 0.2) is 0 Å². The summed E-state index contributed by atoms with van der Waals surface area (Å²) in [7, 11) is 0. The van der Waals surface area contributed by atoms with E-state index in [2.05, 4.69) is 57.3 Å². The zero-order valence-corrected chi connectivity index (χ0v) is 12.7. The topological polar surface area (TPSA) is 21.3 Å². The summed E-state index contributed by atoms with van der Waals surface area (Å²) in [6.07, 6.45) is 3.49. The fraction of sp³-hybridized carbons (Fsp3) is 0.647. The van der Waals surface area contributed by atoms with Crippen LogP contribution in [0.4, 0.5) is 0 Å². The van der Waals surface area contributed by atoms with E-state index in [1.54, 1.807) is 0 Å². The van der Waals surface area contributed by atoms with E-state index in [-0.39, 0.29) is 11.7 Å². The standard InChI is InChI=1S/C17H27NO/c1-5-11-18-16-14-10-8-7-9-13(14)12-15(16)19-17(3,4)6-2/h7-10,15-16,18H,5-6,11-12H2,1-4H3. The Hall–Kier alpha value is -0.860. The summed E-state index contributed by atoms with van der Waals surface area (Å²) in [5.74, 6) is 0. The lowest BCUT2D eigenvalue weighted by Gasteiger charge is -2.31. The third-order valence-electron chi connectivity index (χ3n) is 4.12. The van der Waals surface area contributed by atoms with Crippen molar-refractivity contribution in [3.63, 3.8) is 0 Å².